The fraction of sp³-hybridized carbons (Fsp3) is 0.414. The molecule has 2 aromatic carbocycles. The number of carbonyl (C=O) groups is 1. The van der Waals surface area contributed by atoms with Crippen LogP contribution in [-0.2, 0) is 16.1 Å². The van der Waals surface area contributed by atoms with Gasteiger partial charge >= 0.3 is 0 Å². The zero-order chi connectivity index (χ0) is 25.2. The molecule has 192 valence electrons. The number of anilines is 1. The van der Waals surface area contributed by atoms with E-state index in [0.29, 0.717) is 0 Å². The number of hydrogen-bond donors (Lipinski definition) is 1. The summed E-state index contributed by atoms with van der Waals surface area (Å²) in [5, 5.41) is 5.36. The number of para-hydroxylation sites is 2. The average Bonchev–Trinajstić information content (AvgIpc) is 3.44. The molecule has 1 saturated heterocycles. The van der Waals surface area contributed by atoms with Gasteiger partial charge in [0.05, 0.1) is 0 Å². The van der Waals surface area contributed by atoms with Gasteiger partial charge in [-0.05, 0) is 56.1 Å². The summed E-state index contributed by atoms with van der Waals surface area (Å²) in [7, 11) is 3.55. The Bertz CT molecular complexity index is 1050. The molecule has 2 heterocycles. The van der Waals surface area contributed by atoms with Crippen molar-refractivity contribution in [3.63, 3.8) is 0 Å². The molecule has 6 nitrogen and oxygen atoms in total. The molecular weight excluding hydrogens is 470 g/mol. The number of nitrogens with zero attached hydrogens (tertiary/aromatic N) is 2. The Morgan fingerprint density at radius 1 is 1.08 bits per heavy atom. The summed E-state index contributed by atoms with van der Waals surface area (Å²) in [4.78, 5) is 18.6. The fourth-order valence-corrected chi connectivity index (χ4v) is 5.62. The molecule has 0 bridgehead atoms. The van der Waals surface area contributed by atoms with E-state index in [1.165, 1.54) is 10.4 Å². The first-order chi connectivity index (χ1) is 17.7. The maximum Gasteiger partial charge on any atom is 0.253 e. The zero-order valence-corrected chi connectivity index (χ0v) is 22.1. The molecule has 1 unspecified atom stereocenters. The standard InChI is InChI=1S/C29H37N3O3S/c1-30-17-14-27(28-13-8-20-36-28)35-26-12-7-6-9-23(26)21-31-18-15-25(16-19-31)32(29(33)22-34-2)24-10-4-3-5-11-24/h3-13,20,25,27,30H,14-19,21-22H2,1-2H3. The van der Waals surface area contributed by atoms with Crippen molar-refractivity contribution >= 4 is 22.9 Å². The highest BCUT2D eigenvalue weighted by Crippen LogP contribution is 2.31. The van der Waals surface area contributed by atoms with E-state index in [1.54, 1.807) is 18.4 Å². The molecule has 1 atom stereocenters. The summed E-state index contributed by atoms with van der Waals surface area (Å²) in [6.45, 7) is 3.69. The lowest BCUT2D eigenvalue weighted by atomic mass is 10.0. The highest BCUT2D eigenvalue weighted by atomic mass is 32.1. The summed E-state index contributed by atoms with van der Waals surface area (Å²) in [6.07, 6.45) is 2.80. The number of methoxy groups -OCH3 is 1. The summed E-state index contributed by atoms with van der Waals surface area (Å²) >= 11 is 1.74. The number of amides is 1. The zero-order valence-electron chi connectivity index (χ0n) is 21.3. The Hall–Kier alpha value is -2.71. The van der Waals surface area contributed by atoms with Gasteiger partial charge in [0.15, 0.2) is 0 Å². The Kier molecular flexibility index (Phi) is 9.93. The largest absolute Gasteiger partial charge is 0.485 e. The summed E-state index contributed by atoms with van der Waals surface area (Å²) < 4.78 is 11.8. The van der Waals surface area contributed by atoms with Crippen LogP contribution in [0, 0.1) is 0 Å². The lowest BCUT2D eigenvalue weighted by Gasteiger charge is -2.38. The third-order valence-corrected chi connectivity index (χ3v) is 7.61. The lowest BCUT2D eigenvalue weighted by molar-refractivity contribution is -0.122. The minimum absolute atomic E-state index is 0.0158. The lowest BCUT2D eigenvalue weighted by Crippen LogP contribution is -2.48. The molecule has 0 aliphatic carbocycles. The number of benzene rings is 2. The van der Waals surface area contributed by atoms with E-state index in [0.717, 1.165) is 56.9 Å². The second-order valence-electron chi connectivity index (χ2n) is 9.16. The first kappa shape index (κ1) is 26.4. The second-order valence-corrected chi connectivity index (χ2v) is 10.1. The van der Waals surface area contributed by atoms with Crippen LogP contribution < -0.4 is 15.0 Å². The van der Waals surface area contributed by atoms with E-state index >= 15 is 0 Å². The first-order valence-corrected chi connectivity index (χ1v) is 13.6. The van der Waals surface area contributed by atoms with Crippen molar-refractivity contribution in [1.29, 1.82) is 0 Å². The molecule has 0 radical (unpaired) electrons. The molecule has 1 fully saturated rings. The Morgan fingerprint density at radius 3 is 2.53 bits per heavy atom. The number of rotatable bonds is 12. The SMILES string of the molecule is CNCCC(Oc1ccccc1CN1CCC(N(C(=O)COC)c2ccccc2)CC1)c1cccs1. The van der Waals surface area contributed by atoms with Gasteiger partial charge in [-0.2, -0.15) is 0 Å². The summed E-state index contributed by atoms with van der Waals surface area (Å²) in [6, 6.07) is 22.8. The average molecular weight is 508 g/mol. The van der Waals surface area contributed by atoms with Crippen LogP contribution in [0.5, 0.6) is 5.75 Å². The molecule has 36 heavy (non-hydrogen) atoms. The molecule has 7 heteroatoms. The van der Waals surface area contributed by atoms with Crippen LogP contribution >= 0.6 is 11.3 Å². The maximum atomic E-state index is 12.9. The maximum absolute atomic E-state index is 12.9. The van der Waals surface area contributed by atoms with Gasteiger partial charge in [-0.25, -0.2) is 0 Å². The number of piperidine rings is 1. The number of thiophene rings is 1. The van der Waals surface area contributed by atoms with Crippen molar-refractivity contribution in [2.45, 2.75) is 38.0 Å². The minimum atomic E-state index is 0.0158. The topological polar surface area (TPSA) is 54.0 Å². The molecule has 0 saturated carbocycles. The van der Waals surface area contributed by atoms with E-state index in [2.05, 4.69) is 45.9 Å². The molecule has 1 amide bonds. The quantitative estimate of drug-likeness (QED) is 0.369. The predicted octanol–water partition coefficient (Wildman–Crippen LogP) is 5.12. The van der Waals surface area contributed by atoms with Crippen LogP contribution in [-0.4, -0.2) is 57.2 Å². The van der Waals surface area contributed by atoms with E-state index in [4.69, 9.17) is 9.47 Å². The van der Waals surface area contributed by atoms with E-state index in [1.807, 2.05) is 48.3 Å². The van der Waals surface area contributed by atoms with Crippen LogP contribution in [0.25, 0.3) is 0 Å². The van der Waals surface area contributed by atoms with E-state index in [-0.39, 0.29) is 24.7 Å². The van der Waals surface area contributed by atoms with Crippen molar-refractivity contribution in [2.24, 2.45) is 0 Å². The molecule has 0 spiro atoms. The molecule has 4 rings (SSSR count). The van der Waals surface area contributed by atoms with Gasteiger partial charge < -0.3 is 19.7 Å². The van der Waals surface area contributed by atoms with Gasteiger partial charge in [-0.15, -0.1) is 11.3 Å². The van der Waals surface area contributed by atoms with Crippen LogP contribution in [0.15, 0.2) is 72.1 Å². The van der Waals surface area contributed by atoms with E-state index in [9.17, 15) is 4.79 Å². The number of hydrogen-bond acceptors (Lipinski definition) is 6. The highest BCUT2D eigenvalue weighted by molar-refractivity contribution is 7.10. The molecule has 1 aromatic heterocycles. The van der Waals surface area contributed by atoms with Crippen molar-refractivity contribution in [3.05, 3.63) is 82.6 Å². The van der Waals surface area contributed by atoms with Crippen molar-refractivity contribution in [2.75, 3.05) is 45.3 Å². The first-order valence-electron chi connectivity index (χ1n) is 12.7. The molecule has 1 aliphatic rings. The van der Waals surface area contributed by atoms with E-state index < -0.39 is 0 Å². The van der Waals surface area contributed by atoms with Crippen molar-refractivity contribution in [3.8, 4) is 5.75 Å². The van der Waals surface area contributed by atoms with Crippen molar-refractivity contribution in [1.82, 2.24) is 10.2 Å². The normalized spacial score (nSPS) is 15.5. The molecule has 1 N–H and O–H groups in total. The van der Waals surface area contributed by atoms with Gasteiger partial charge in [0.2, 0.25) is 0 Å². The fourth-order valence-electron chi connectivity index (χ4n) is 4.83. The monoisotopic (exact) mass is 507 g/mol. The van der Waals surface area contributed by atoms with Gasteiger partial charge in [0, 0.05) is 55.3 Å². The Labute approximate surface area is 218 Å². The number of carbonyl (C=O) groups excluding carboxylic acids is 1. The second kappa shape index (κ2) is 13.6. The number of likely N-dealkylation sites (tertiary alicyclic amines) is 1. The molecular formula is C29H37N3O3S. The summed E-state index contributed by atoms with van der Waals surface area (Å²) in [5.41, 5.74) is 2.15. The van der Waals surface area contributed by atoms with Crippen LogP contribution in [0.4, 0.5) is 5.69 Å². The predicted molar refractivity (Wildman–Crippen MR) is 147 cm³/mol. The molecule has 3 aromatic rings. The van der Waals surface area contributed by atoms with Crippen molar-refractivity contribution < 1.29 is 14.3 Å². The Morgan fingerprint density at radius 2 is 1.83 bits per heavy atom. The van der Waals surface area contributed by atoms with Crippen LogP contribution in [0.2, 0.25) is 0 Å². The van der Waals surface area contributed by atoms with Gasteiger partial charge in [-0.3, -0.25) is 9.69 Å². The minimum Gasteiger partial charge on any atom is -0.485 e. The van der Waals surface area contributed by atoms with Gasteiger partial charge in [-0.1, -0.05) is 42.5 Å². The van der Waals surface area contributed by atoms with Crippen LogP contribution in [0.3, 0.4) is 0 Å². The summed E-state index contributed by atoms with van der Waals surface area (Å²) in [5.74, 6) is 0.970. The highest BCUT2D eigenvalue weighted by Gasteiger charge is 2.29. The third-order valence-electron chi connectivity index (χ3n) is 6.65. The van der Waals surface area contributed by atoms with Gasteiger partial charge in [0.1, 0.15) is 18.5 Å². The third kappa shape index (κ3) is 6.95. The number of nitrogens with one attached hydrogen (secondary N) is 1. The van der Waals surface area contributed by atoms with Crippen LogP contribution in [0.1, 0.15) is 35.8 Å². The Balaban J connectivity index is 1.41. The van der Waals surface area contributed by atoms with Gasteiger partial charge in [0.25, 0.3) is 5.91 Å². The number of ether oxygens (including phenoxy) is 2. The molecule has 1 aliphatic heterocycles. The smallest absolute Gasteiger partial charge is 0.253 e.